The third-order valence-corrected chi connectivity index (χ3v) is 6.42. The highest BCUT2D eigenvalue weighted by Gasteiger charge is 2.15. The van der Waals surface area contributed by atoms with E-state index in [0.717, 1.165) is 38.8 Å². The molecule has 3 aromatic heterocycles. The maximum Gasteiger partial charge on any atom is 0.0965 e. The van der Waals surface area contributed by atoms with Gasteiger partial charge < -0.3 is 4.57 Å². The Balaban J connectivity index is 1.57. The third-order valence-electron chi connectivity index (χ3n) is 6.42. The molecule has 0 bridgehead atoms. The van der Waals surface area contributed by atoms with Gasteiger partial charge in [-0.1, -0.05) is 66.7 Å². The Kier molecular flexibility index (Phi) is 3.84. The van der Waals surface area contributed by atoms with Crippen LogP contribution in [0.25, 0.3) is 60.6 Å². The summed E-state index contributed by atoms with van der Waals surface area (Å²) < 4.78 is 2.34. The molecule has 7 aromatic rings. The minimum absolute atomic E-state index is 0.915. The molecule has 0 aliphatic carbocycles. The van der Waals surface area contributed by atoms with Crippen LogP contribution in [0.4, 0.5) is 0 Å². The van der Waals surface area contributed by atoms with Crippen molar-refractivity contribution in [1.29, 1.82) is 0 Å². The van der Waals surface area contributed by atoms with E-state index in [9.17, 15) is 0 Å². The van der Waals surface area contributed by atoms with Crippen LogP contribution in [0, 0.1) is 0 Å². The molecule has 0 aliphatic heterocycles. The van der Waals surface area contributed by atoms with Gasteiger partial charge in [0.05, 0.1) is 27.8 Å². The second kappa shape index (κ2) is 7.01. The zero-order chi connectivity index (χ0) is 21.8. The van der Waals surface area contributed by atoms with E-state index in [1.807, 2.05) is 18.3 Å². The summed E-state index contributed by atoms with van der Waals surface area (Å²) in [6.07, 6.45) is 1.83. The third kappa shape index (κ3) is 2.69. The first-order valence-electron chi connectivity index (χ1n) is 11.1. The first kappa shape index (κ1) is 18.1. The van der Waals surface area contributed by atoms with E-state index in [4.69, 9.17) is 4.98 Å². The quantitative estimate of drug-likeness (QED) is 0.270. The van der Waals surface area contributed by atoms with Crippen LogP contribution in [-0.4, -0.2) is 14.5 Å². The molecule has 3 nitrogen and oxygen atoms in total. The normalized spacial score (nSPS) is 11.6. The number of benzene rings is 4. The summed E-state index contributed by atoms with van der Waals surface area (Å²) >= 11 is 0. The molecule has 4 aromatic carbocycles. The van der Waals surface area contributed by atoms with Crippen LogP contribution < -0.4 is 0 Å². The van der Waals surface area contributed by atoms with Crippen molar-refractivity contribution in [3.05, 3.63) is 115 Å². The van der Waals surface area contributed by atoms with Gasteiger partial charge in [-0.3, -0.25) is 4.98 Å². The van der Waals surface area contributed by atoms with E-state index in [-0.39, 0.29) is 0 Å². The van der Waals surface area contributed by atoms with Gasteiger partial charge in [-0.05, 0) is 42.5 Å². The van der Waals surface area contributed by atoms with Gasteiger partial charge in [-0.25, -0.2) is 4.98 Å². The number of hydrogen-bond acceptors (Lipinski definition) is 2. The summed E-state index contributed by atoms with van der Waals surface area (Å²) in [6.45, 7) is 0. The van der Waals surface area contributed by atoms with Crippen molar-refractivity contribution in [3.63, 3.8) is 0 Å². The number of rotatable bonds is 2. The number of hydrogen-bond donors (Lipinski definition) is 0. The SMILES string of the molecule is c1ccc(-n2c3ccccc3c3cc(-c4nc5cccnc5c5ccccc45)ccc32)cc1. The topological polar surface area (TPSA) is 30.7 Å². The van der Waals surface area contributed by atoms with Crippen LogP contribution in [0.15, 0.2) is 115 Å². The molecule has 0 spiro atoms. The molecule has 0 amide bonds. The van der Waals surface area contributed by atoms with E-state index in [1.165, 1.54) is 21.8 Å². The molecule has 154 valence electrons. The highest BCUT2D eigenvalue weighted by atomic mass is 15.0. The lowest BCUT2D eigenvalue weighted by molar-refractivity contribution is 1.18. The van der Waals surface area contributed by atoms with E-state index in [2.05, 4.69) is 107 Å². The summed E-state index contributed by atoms with van der Waals surface area (Å²) in [6, 6.07) is 38.3. The summed E-state index contributed by atoms with van der Waals surface area (Å²) in [5.74, 6) is 0. The summed E-state index contributed by atoms with van der Waals surface area (Å²) in [7, 11) is 0. The Morgan fingerprint density at radius 2 is 1.27 bits per heavy atom. The first-order valence-corrected chi connectivity index (χ1v) is 11.1. The molecule has 0 radical (unpaired) electrons. The van der Waals surface area contributed by atoms with Gasteiger partial charge in [0, 0.05) is 39.0 Å². The summed E-state index contributed by atoms with van der Waals surface area (Å²) in [4.78, 5) is 9.66. The average Bonchev–Trinajstić information content (AvgIpc) is 3.22. The molecule has 0 saturated carbocycles. The van der Waals surface area contributed by atoms with Crippen LogP contribution in [-0.2, 0) is 0 Å². The Morgan fingerprint density at radius 3 is 2.15 bits per heavy atom. The van der Waals surface area contributed by atoms with E-state index >= 15 is 0 Å². The molecule has 0 saturated heterocycles. The summed E-state index contributed by atoms with van der Waals surface area (Å²) in [5.41, 5.74) is 7.52. The molecule has 0 aliphatic rings. The van der Waals surface area contributed by atoms with Crippen LogP contribution in [0.5, 0.6) is 0 Å². The molecular weight excluding hydrogens is 402 g/mol. The lowest BCUT2D eigenvalue weighted by Crippen LogP contribution is -1.93. The smallest absolute Gasteiger partial charge is 0.0965 e. The molecule has 3 heterocycles. The largest absolute Gasteiger partial charge is 0.309 e. The van der Waals surface area contributed by atoms with Crippen molar-refractivity contribution in [2.24, 2.45) is 0 Å². The molecule has 7 rings (SSSR count). The predicted octanol–water partition coefficient (Wildman–Crippen LogP) is 7.55. The second-order valence-corrected chi connectivity index (χ2v) is 8.30. The fourth-order valence-corrected chi connectivity index (χ4v) is 4.97. The van der Waals surface area contributed by atoms with Crippen molar-refractivity contribution in [2.45, 2.75) is 0 Å². The van der Waals surface area contributed by atoms with Crippen LogP contribution in [0.2, 0.25) is 0 Å². The minimum atomic E-state index is 0.915. The molecule has 3 heteroatoms. The van der Waals surface area contributed by atoms with Crippen molar-refractivity contribution in [2.75, 3.05) is 0 Å². The van der Waals surface area contributed by atoms with E-state index in [1.54, 1.807) is 0 Å². The van der Waals surface area contributed by atoms with Crippen molar-refractivity contribution in [3.8, 4) is 16.9 Å². The van der Waals surface area contributed by atoms with E-state index in [0.29, 0.717) is 0 Å². The van der Waals surface area contributed by atoms with Gasteiger partial charge in [0.2, 0.25) is 0 Å². The van der Waals surface area contributed by atoms with Gasteiger partial charge >= 0.3 is 0 Å². The summed E-state index contributed by atoms with van der Waals surface area (Å²) in [5, 5.41) is 4.72. The molecule has 0 N–H and O–H groups in total. The molecule has 0 fully saturated rings. The van der Waals surface area contributed by atoms with Gasteiger partial charge in [0.15, 0.2) is 0 Å². The molecule has 0 atom stereocenters. The number of pyridine rings is 2. The molecular formula is C30H19N3. The number of fused-ring (bicyclic) bond motifs is 6. The highest BCUT2D eigenvalue weighted by Crippen LogP contribution is 2.37. The minimum Gasteiger partial charge on any atom is -0.309 e. The Hall–Kier alpha value is -4.50. The number of nitrogens with zero attached hydrogens (tertiary/aromatic N) is 3. The maximum absolute atomic E-state index is 5.06. The first-order chi connectivity index (χ1) is 16.4. The second-order valence-electron chi connectivity index (χ2n) is 8.30. The lowest BCUT2D eigenvalue weighted by Gasteiger charge is -2.10. The Labute approximate surface area is 190 Å². The highest BCUT2D eigenvalue weighted by molar-refractivity contribution is 6.13. The van der Waals surface area contributed by atoms with Crippen LogP contribution in [0.3, 0.4) is 0 Å². The average molecular weight is 422 g/mol. The Bertz CT molecular complexity index is 1810. The maximum atomic E-state index is 5.06. The Morgan fingerprint density at radius 1 is 0.545 bits per heavy atom. The van der Waals surface area contributed by atoms with Crippen molar-refractivity contribution < 1.29 is 0 Å². The van der Waals surface area contributed by atoms with E-state index < -0.39 is 0 Å². The van der Waals surface area contributed by atoms with Gasteiger partial charge in [0.25, 0.3) is 0 Å². The van der Waals surface area contributed by atoms with Crippen LogP contribution in [0.1, 0.15) is 0 Å². The monoisotopic (exact) mass is 421 g/mol. The van der Waals surface area contributed by atoms with Gasteiger partial charge in [0.1, 0.15) is 0 Å². The van der Waals surface area contributed by atoms with Crippen molar-refractivity contribution in [1.82, 2.24) is 14.5 Å². The molecule has 33 heavy (non-hydrogen) atoms. The number of para-hydroxylation sites is 2. The van der Waals surface area contributed by atoms with Gasteiger partial charge in [-0.15, -0.1) is 0 Å². The predicted molar refractivity (Wildman–Crippen MR) is 137 cm³/mol. The van der Waals surface area contributed by atoms with Gasteiger partial charge in [-0.2, -0.15) is 0 Å². The molecule has 0 unspecified atom stereocenters. The standard InChI is InChI=1S/C30H19N3/c1-2-9-21(10-3-1)33-27-15-7-6-11-22(27)25-19-20(16-17-28(25)33)29-23-12-4-5-13-24(23)30-26(32-29)14-8-18-31-30/h1-19H. The number of aromatic nitrogens is 3. The lowest BCUT2D eigenvalue weighted by atomic mass is 10.0. The fraction of sp³-hybridized carbons (Fsp3) is 0. The fourth-order valence-electron chi connectivity index (χ4n) is 4.97. The van der Waals surface area contributed by atoms with Crippen molar-refractivity contribution >= 4 is 43.6 Å². The van der Waals surface area contributed by atoms with Crippen LogP contribution >= 0.6 is 0 Å². The zero-order valence-electron chi connectivity index (χ0n) is 17.8. The zero-order valence-corrected chi connectivity index (χ0v) is 17.8.